The molecule has 8 heteroatoms. The van der Waals surface area contributed by atoms with Crippen LogP contribution in [-0.4, -0.2) is 36.1 Å². The second kappa shape index (κ2) is 7.40. The van der Waals surface area contributed by atoms with Crippen LogP contribution in [0.15, 0.2) is 66.0 Å². The lowest BCUT2D eigenvalue weighted by molar-refractivity contribution is 0.308. The van der Waals surface area contributed by atoms with Crippen molar-refractivity contribution < 1.29 is 4.74 Å². The molecule has 0 aliphatic carbocycles. The number of imidazole rings is 1. The molecule has 30 heavy (non-hydrogen) atoms. The Hall–Kier alpha value is -4.07. The first-order valence-electron chi connectivity index (χ1n) is 9.56. The topological polar surface area (TPSA) is 98.6 Å². The molecule has 0 bridgehead atoms. The zero-order valence-electron chi connectivity index (χ0n) is 16.2. The third-order valence-electron chi connectivity index (χ3n) is 4.94. The predicted octanol–water partition coefficient (Wildman–Crippen LogP) is 2.98. The summed E-state index contributed by atoms with van der Waals surface area (Å²) in [6.07, 6.45) is 3.39. The molecular formula is C22H18N6O2. The van der Waals surface area contributed by atoms with E-state index in [9.17, 15) is 4.79 Å². The maximum Gasteiger partial charge on any atom is 0.266 e. The highest BCUT2D eigenvalue weighted by molar-refractivity contribution is 5.81. The lowest BCUT2D eigenvalue weighted by Crippen LogP contribution is -2.25. The fourth-order valence-electron chi connectivity index (χ4n) is 3.54. The summed E-state index contributed by atoms with van der Waals surface area (Å²) in [4.78, 5) is 33.6. The van der Waals surface area contributed by atoms with Crippen molar-refractivity contribution in [3.8, 4) is 11.6 Å². The Labute approximate surface area is 171 Å². The third kappa shape index (κ3) is 3.08. The molecule has 0 aliphatic rings. The van der Waals surface area contributed by atoms with Crippen molar-refractivity contribution in [1.82, 2.24) is 29.5 Å². The van der Waals surface area contributed by atoms with E-state index < -0.39 is 0 Å². The maximum absolute atomic E-state index is 13.4. The zero-order chi connectivity index (χ0) is 20.5. The van der Waals surface area contributed by atoms with Crippen molar-refractivity contribution >= 4 is 22.1 Å². The minimum atomic E-state index is -0.0870. The molecule has 5 rings (SSSR count). The summed E-state index contributed by atoms with van der Waals surface area (Å²) in [5.74, 6) is 1.02. The number of para-hydroxylation sites is 1. The molecule has 0 saturated heterocycles. The Bertz CT molecular complexity index is 1410. The standard InChI is InChI=1S/C22H18N6O2/c1-14-6-5-9-16-18(14)22(29)28(15-7-3-2-4-8-15)17(27-16)10-11-30-21-19-20(24-12-23-19)25-13-26-21/h2-9,12-13H,10-11H2,1H3,(H,23,24,25,26). The molecule has 0 atom stereocenters. The first kappa shape index (κ1) is 18.0. The molecule has 8 nitrogen and oxygen atoms in total. The number of aryl methyl sites for hydroxylation is 1. The number of aromatic nitrogens is 6. The van der Waals surface area contributed by atoms with Crippen LogP contribution >= 0.6 is 0 Å². The van der Waals surface area contributed by atoms with E-state index in [0.29, 0.717) is 40.2 Å². The van der Waals surface area contributed by atoms with Crippen LogP contribution in [-0.2, 0) is 6.42 Å². The molecule has 0 radical (unpaired) electrons. The number of nitrogens with one attached hydrogen (secondary N) is 1. The Morgan fingerprint density at radius 2 is 1.90 bits per heavy atom. The molecule has 148 valence electrons. The average Bonchev–Trinajstić information content (AvgIpc) is 3.24. The normalized spacial score (nSPS) is 11.2. The average molecular weight is 398 g/mol. The van der Waals surface area contributed by atoms with Gasteiger partial charge in [0, 0.05) is 6.42 Å². The summed E-state index contributed by atoms with van der Waals surface area (Å²) in [6.45, 7) is 2.21. The van der Waals surface area contributed by atoms with Gasteiger partial charge in [0.05, 0.1) is 29.5 Å². The minimum absolute atomic E-state index is 0.0870. The van der Waals surface area contributed by atoms with Crippen LogP contribution in [0.5, 0.6) is 5.88 Å². The van der Waals surface area contributed by atoms with Crippen molar-refractivity contribution in [3.63, 3.8) is 0 Å². The quantitative estimate of drug-likeness (QED) is 0.489. The molecule has 0 unspecified atom stereocenters. The van der Waals surface area contributed by atoms with Gasteiger partial charge < -0.3 is 9.72 Å². The Morgan fingerprint density at radius 3 is 2.77 bits per heavy atom. The monoisotopic (exact) mass is 398 g/mol. The largest absolute Gasteiger partial charge is 0.476 e. The first-order chi connectivity index (χ1) is 14.7. The number of fused-ring (bicyclic) bond motifs is 2. The smallest absolute Gasteiger partial charge is 0.266 e. The zero-order valence-corrected chi connectivity index (χ0v) is 16.2. The molecule has 0 spiro atoms. The Kier molecular flexibility index (Phi) is 4.44. The van der Waals surface area contributed by atoms with Crippen molar-refractivity contribution in [2.45, 2.75) is 13.3 Å². The van der Waals surface area contributed by atoms with Gasteiger partial charge in [-0.15, -0.1) is 0 Å². The highest BCUT2D eigenvalue weighted by Gasteiger charge is 2.15. The van der Waals surface area contributed by atoms with Crippen LogP contribution in [0.1, 0.15) is 11.4 Å². The first-order valence-corrected chi connectivity index (χ1v) is 9.56. The lowest BCUT2D eigenvalue weighted by Gasteiger charge is -2.15. The Morgan fingerprint density at radius 1 is 1.03 bits per heavy atom. The predicted molar refractivity (Wildman–Crippen MR) is 113 cm³/mol. The number of ether oxygens (including phenoxy) is 1. The van der Waals surface area contributed by atoms with E-state index >= 15 is 0 Å². The fourth-order valence-corrected chi connectivity index (χ4v) is 3.54. The molecule has 0 amide bonds. The second-order valence-corrected chi connectivity index (χ2v) is 6.85. The van der Waals surface area contributed by atoms with Crippen molar-refractivity contribution in [1.29, 1.82) is 0 Å². The summed E-state index contributed by atoms with van der Waals surface area (Å²) in [6, 6.07) is 15.2. The van der Waals surface area contributed by atoms with Gasteiger partial charge >= 0.3 is 0 Å². The fraction of sp³-hybridized carbons (Fsp3) is 0.136. The number of nitrogens with zero attached hydrogens (tertiary/aromatic N) is 5. The van der Waals surface area contributed by atoms with E-state index in [1.165, 1.54) is 6.33 Å². The van der Waals surface area contributed by atoms with Gasteiger partial charge in [-0.3, -0.25) is 9.36 Å². The molecule has 2 aromatic carbocycles. The van der Waals surface area contributed by atoms with Crippen LogP contribution in [0, 0.1) is 6.92 Å². The van der Waals surface area contributed by atoms with E-state index in [-0.39, 0.29) is 12.2 Å². The van der Waals surface area contributed by atoms with Crippen LogP contribution in [0.25, 0.3) is 27.8 Å². The van der Waals surface area contributed by atoms with E-state index in [2.05, 4.69) is 19.9 Å². The van der Waals surface area contributed by atoms with Gasteiger partial charge in [0.25, 0.3) is 5.56 Å². The molecule has 0 saturated carbocycles. The van der Waals surface area contributed by atoms with Gasteiger partial charge in [-0.05, 0) is 30.7 Å². The second-order valence-electron chi connectivity index (χ2n) is 6.85. The lowest BCUT2D eigenvalue weighted by atomic mass is 10.1. The SMILES string of the molecule is Cc1cccc2nc(CCOc3ncnc4[nH]cnc34)n(-c3ccccc3)c(=O)c12. The minimum Gasteiger partial charge on any atom is -0.476 e. The van der Waals surface area contributed by atoms with Crippen LogP contribution in [0.3, 0.4) is 0 Å². The van der Waals surface area contributed by atoms with E-state index in [0.717, 1.165) is 11.3 Å². The number of benzene rings is 2. The summed E-state index contributed by atoms with van der Waals surface area (Å²) in [5, 5.41) is 0.625. The van der Waals surface area contributed by atoms with E-state index in [1.807, 2.05) is 55.5 Å². The number of hydrogen-bond donors (Lipinski definition) is 1. The van der Waals surface area contributed by atoms with Crippen molar-refractivity contribution in [3.05, 3.63) is 82.9 Å². The van der Waals surface area contributed by atoms with E-state index in [1.54, 1.807) is 10.9 Å². The molecule has 1 N–H and O–H groups in total. The number of aromatic amines is 1. The van der Waals surface area contributed by atoms with Gasteiger partial charge in [0.15, 0.2) is 11.2 Å². The van der Waals surface area contributed by atoms with Gasteiger partial charge in [0.1, 0.15) is 12.2 Å². The number of rotatable bonds is 5. The number of hydrogen-bond acceptors (Lipinski definition) is 6. The maximum atomic E-state index is 13.4. The van der Waals surface area contributed by atoms with Crippen molar-refractivity contribution in [2.24, 2.45) is 0 Å². The summed E-state index contributed by atoms with van der Waals surface area (Å²) in [7, 11) is 0. The molecule has 0 fully saturated rings. The highest BCUT2D eigenvalue weighted by atomic mass is 16.5. The third-order valence-corrected chi connectivity index (χ3v) is 4.94. The van der Waals surface area contributed by atoms with E-state index in [4.69, 9.17) is 9.72 Å². The van der Waals surface area contributed by atoms with Gasteiger partial charge in [-0.1, -0.05) is 30.3 Å². The Balaban J connectivity index is 1.54. The van der Waals surface area contributed by atoms with Gasteiger partial charge in [-0.25, -0.2) is 15.0 Å². The van der Waals surface area contributed by atoms with Gasteiger partial charge in [0.2, 0.25) is 5.88 Å². The van der Waals surface area contributed by atoms with Gasteiger partial charge in [-0.2, -0.15) is 4.98 Å². The molecule has 3 aromatic heterocycles. The molecule has 3 heterocycles. The molecule has 0 aliphatic heterocycles. The molecule has 5 aromatic rings. The van der Waals surface area contributed by atoms with Crippen molar-refractivity contribution in [2.75, 3.05) is 6.61 Å². The molecular weight excluding hydrogens is 380 g/mol. The van der Waals surface area contributed by atoms with Crippen LogP contribution < -0.4 is 10.3 Å². The summed E-state index contributed by atoms with van der Waals surface area (Å²) >= 11 is 0. The summed E-state index contributed by atoms with van der Waals surface area (Å²) in [5.41, 5.74) is 3.45. The highest BCUT2D eigenvalue weighted by Crippen LogP contribution is 2.19. The van der Waals surface area contributed by atoms with Crippen LogP contribution in [0.4, 0.5) is 0 Å². The van der Waals surface area contributed by atoms with Crippen LogP contribution in [0.2, 0.25) is 0 Å². The number of H-pyrrole nitrogens is 1. The summed E-state index contributed by atoms with van der Waals surface area (Å²) < 4.78 is 7.51.